The highest BCUT2D eigenvalue weighted by Crippen LogP contribution is 2.31. The molecule has 1 N–H and O–H groups in total. The number of nitriles is 1. The Kier molecular flexibility index (Phi) is 4.44. The summed E-state index contributed by atoms with van der Waals surface area (Å²) in [6.07, 6.45) is 1.09. The number of halogens is 1. The van der Waals surface area contributed by atoms with Gasteiger partial charge in [0.1, 0.15) is 4.90 Å². The average Bonchev–Trinajstić information content (AvgIpc) is 2.86. The summed E-state index contributed by atoms with van der Waals surface area (Å²) in [6.45, 7) is 1.52. The molecule has 3 rings (SSSR count). The molecule has 0 aliphatic carbocycles. The fraction of sp³-hybridized carbons (Fsp3) is 0.118. The number of carboxylic acid groups (broad SMARTS) is 1. The molecule has 0 saturated carbocycles. The van der Waals surface area contributed by atoms with Crippen LogP contribution in [-0.4, -0.2) is 28.5 Å². The first-order valence-corrected chi connectivity index (χ1v) is 9.21. The smallest absolute Gasteiger partial charge is 0.307 e. The Morgan fingerprint density at radius 1 is 1.38 bits per heavy atom. The van der Waals surface area contributed by atoms with Crippen molar-refractivity contribution in [2.24, 2.45) is 0 Å². The Bertz CT molecular complexity index is 1190. The number of carbonyl (C=O) groups is 1. The summed E-state index contributed by atoms with van der Waals surface area (Å²) in [5.41, 5.74) is 0.977. The Hall–Kier alpha value is -2.89. The second-order valence-electron chi connectivity index (χ2n) is 5.54. The van der Waals surface area contributed by atoms with Crippen molar-refractivity contribution in [2.45, 2.75) is 18.2 Å². The van der Waals surface area contributed by atoms with Crippen molar-refractivity contribution in [3.8, 4) is 6.07 Å². The molecule has 0 bridgehead atoms. The molecule has 7 nitrogen and oxygen atoms in total. The number of fused-ring (bicyclic) bond motifs is 1. The zero-order valence-corrected chi connectivity index (χ0v) is 15.0. The summed E-state index contributed by atoms with van der Waals surface area (Å²) < 4.78 is 27.4. The van der Waals surface area contributed by atoms with Gasteiger partial charge in [0, 0.05) is 17.3 Å². The number of hydrogen-bond acceptors (Lipinski definition) is 5. The summed E-state index contributed by atoms with van der Waals surface area (Å²) in [7, 11) is -4.15. The van der Waals surface area contributed by atoms with Crippen molar-refractivity contribution in [3.63, 3.8) is 0 Å². The van der Waals surface area contributed by atoms with Crippen molar-refractivity contribution in [1.29, 1.82) is 5.26 Å². The second kappa shape index (κ2) is 6.44. The van der Waals surface area contributed by atoms with E-state index in [0.29, 0.717) is 10.9 Å². The van der Waals surface area contributed by atoms with Gasteiger partial charge >= 0.3 is 5.97 Å². The molecule has 2 aromatic heterocycles. The molecule has 0 amide bonds. The van der Waals surface area contributed by atoms with Crippen LogP contribution < -0.4 is 0 Å². The van der Waals surface area contributed by atoms with Crippen molar-refractivity contribution in [3.05, 3.63) is 58.4 Å². The van der Waals surface area contributed by atoms with Gasteiger partial charge in [-0.25, -0.2) is 17.4 Å². The van der Waals surface area contributed by atoms with Crippen molar-refractivity contribution >= 4 is 38.6 Å². The summed E-state index contributed by atoms with van der Waals surface area (Å²) in [4.78, 5) is 15.1. The first-order valence-electron chi connectivity index (χ1n) is 7.39. The van der Waals surface area contributed by atoms with E-state index in [1.807, 2.05) is 6.07 Å². The molecule has 3 aromatic rings. The molecule has 1 aromatic carbocycles. The standard InChI is InChI=1S/C17H12ClN3O4S/c1-10-13(8-16(22)23)12-3-2-6-20-17(12)21(10)26(24,25)15-5-4-11(9-19)7-14(15)18/h2-7H,8H2,1H3,(H,22,23). The molecule has 9 heteroatoms. The highest BCUT2D eigenvalue weighted by Gasteiger charge is 2.28. The predicted molar refractivity (Wildman–Crippen MR) is 94.6 cm³/mol. The van der Waals surface area contributed by atoms with E-state index in [-0.39, 0.29) is 33.2 Å². The van der Waals surface area contributed by atoms with E-state index < -0.39 is 16.0 Å². The summed E-state index contributed by atoms with van der Waals surface area (Å²) >= 11 is 6.08. The zero-order valence-electron chi connectivity index (χ0n) is 13.5. The van der Waals surface area contributed by atoms with Gasteiger partial charge in [-0.1, -0.05) is 11.6 Å². The number of nitrogens with zero attached hydrogens (tertiary/aromatic N) is 3. The lowest BCUT2D eigenvalue weighted by molar-refractivity contribution is -0.136. The van der Waals surface area contributed by atoms with Crippen LogP contribution in [0.25, 0.3) is 11.0 Å². The first kappa shape index (κ1) is 17.9. The summed E-state index contributed by atoms with van der Waals surface area (Å²) in [5.74, 6) is -1.08. The van der Waals surface area contributed by atoms with E-state index in [1.54, 1.807) is 12.1 Å². The molecule has 0 radical (unpaired) electrons. The quantitative estimate of drug-likeness (QED) is 0.733. The molecular formula is C17H12ClN3O4S. The zero-order chi connectivity index (χ0) is 19.1. The Balaban J connectivity index is 2.33. The monoisotopic (exact) mass is 389 g/mol. The lowest BCUT2D eigenvalue weighted by Gasteiger charge is -2.11. The van der Waals surface area contributed by atoms with Crippen LogP contribution in [0, 0.1) is 18.3 Å². The highest BCUT2D eigenvalue weighted by molar-refractivity contribution is 7.90. The molecular weight excluding hydrogens is 378 g/mol. The lowest BCUT2D eigenvalue weighted by atomic mass is 10.1. The van der Waals surface area contributed by atoms with Crippen LogP contribution in [0.1, 0.15) is 16.8 Å². The van der Waals surface area contributed by atoms with Gasteiger partial charge in [-0.3, -0.25) is 4.79 Å². The molecule has 0 saturated heterocycles. The minimum Gasteiger partial charge on any atom is -0.481 e. The molecule has 0 unspecified atom stereocenters. The van der Waals surface area contributed by atoms with Crippen molar-refractivity contribution < 1.29 is 18.3 Å². The fourth-order valence-electron chi connectivity index (χ4n) is 2.82. The topological polar surface area (TPSA) is 113 Å². The highest BCUT2D eigenvalue weighted by atomic mass is 35.5. The third-order valence-corrected chi connectivity index (χ3v) is 6.22. The Morgan fingerprint density at radius 2 is 2.12 bits per heavy atom. The van der Waals surface area contributed by atoms with E-state index in [9.17, 15) is 13.2 Å². The number of aliphatic carboxylic acids is 1. The average molecular weight is 390 g/mol. The van der Waals surface area contributed by atoms with Crippen LogP contribution in [0.2, 0.25) is 5.02 Å². The van der Waals surface area contributed by atoms with Gasteiger partial charge in [-0.05, 0) is 42.8 Å². The molecule has 132 valence electrons. The van der Waals surface area contributed by atoms with E-state index in [2.05, 4.69) is 4.98 Å². The molecule has 0 aliphatic rings. The number of aromatic nitrogens is 2. The number of benzene rings is 1. The summed E-state index contributed by atoms with van der Waals surface area (Å²) in [5, 5.41) is 18.4. The van der Waals surface area contributed by atoms with E-state index >= 15 is 0 Å². The summed E-state index contributed by atoms with van der Waals surface area (Å²) in [6, 6.07) is 8.99. The van der Waals surface area contributed by atoms with Gasteiger partial charge in [0.25, 0.3) is 10.0 Å². The maximum atomic E-state index is 13.2. The van der Waals surface area contributed by atoms with E-state index in [1.165, 1.54) is 31.3 Å². The third kappa shape index (κ3) is 2.81. The van der Waals surface area contributed by atoms with Gasteiger partial charge in [0.05, 0.1) is 23.1 Å². The van der Waals surface area contributed by atoms with Crippen LogP contribution in [-0.2, 0) is 21.2 Å². The molecule has 2 heterocycles. The van der Waals surface area contributed by atoms with Crippen molar-refractivity contribution in [2.75, 3.05) is 0 Å². The first-order chi connectivity index (χ1) is 12.3. The second-order valence-corrected chi connectivity index (χ2v) is 7.70. The van der Waals surface area contributed by atoms with Crippen molar-refractivity contribution in [1.82, 2.24) is 8.96 Å². The van der Waals surface area contributed by atoms with Crippen LogP contribution in [0.4, 0.5) is 0 Å². The maximum absolute atomic E-state index is 13.2. The van der Waals surface area contributed by atoms with E-state index in [4.69, 9.17) is 22.0 Å². The minimum atomic E-state index is -4.15. The normalized spacial score (nSPS) is 11.4. The molecule has 0 spiro atoms. The van der Waals surface area contributed by atoms with Crippen LogP contribution in [0.15, 0.2) is 41.4 Å². The third-order valence-electron chi connectivity index (χ3n) is 3.95. The number of rotatable bonds is 4. The lowest BCUT2D eigenvalue weighted by Crippen LogP contribution is -2.16. The SMILES string of the molecule is Cc1c(CC(=O)O)c2cccnc2n1S(=O)(=O)c1ccc(C#N)cc1Cl. The molecule has 26 heavy (non-hydrogen) atoms. The largest absolute Gasteiger partial charge is 0.481 e. The van der Waals surface area contributed by atoms with Crippen LogP contribution in [0.5, 0.6) is 0 Å². The number of carboxylic acids is 1. The maximum Gasteiger partial charge on any atom is 0.307 e. The molecule has 0 atom stereocenters. The minimum absolute atomic E-state index is 0.0963. The van der Waals surface area contributed by atoms with Gasteiger partial charge < -0.3 is 5.11 Å². The molecule has 0 fully saturated rings. The van der Waals surface area contributed by atoms with Gasteiger partial charge in [-0.15, -0.1) is 0 Å². The Labute approximate surface area is 154 Å². The fourth-order valence-corrected chi connectivity index (χ4v) is 4.88. The van der Waals surface area contributed by atoms with Gasteiger partial charge in [0.15, 0.2) is 5.65 Å². The Morgan fingerprint density at radius 3 is 2.73 bits per heavy atom. The van der Waals surface area contributed by atoms with Gasteiger partial charge in [-0.2, -0.15) is 5.26 Å². The predicted octanol–water partition coefficient (Wildman–Crippen LogP) is 2.73. The van der Waals surface area contributed by atoms with E-state index in [0.717, 1.165) is 3.97 Å². The van der Waals surface area contributed by atoms with Crippen LogP contribution in [0.3, 0.4) is 0 Å². The van der Waals surface area contributed by atoms with Gasteiger partial charge in [0.2, 0.25) is 0 Å². The van der Waals surface area contributed by atoms with Crippen LogP contribution >= 0.6 is 11.6 Å². The molecule has 0 aliphatic heterocycles. The number of hydrogen-bond donors (Lipinski definition) is 1. The number of pyridine rings is 1.